The lowest BCUT2D eigenvalue weighted by molar-refractivity contribution is 0.102. The monoisotopic (exact) mass is 305 g/mol. The average Bonchev–Trinajstić information content (AvgIpc) is 2.47. The number of carbonyl (C=O) groups is 1. The summed E-state index contributed by atoms with van der Waals surface area (Å²) in [6.07, 6.45) is 0. The number of hydrogen-bond donors (Lipinski definition) is 0. The molecule has 2 aromatic carbocycles. The second-order valence-corrected chi connectivity index (χ2v) is 5.60. The third-order valence-electron chi connectivity index (χ3n) is 2.74. The highest BCUT2D eigenvalue weighted by Crippen LogP contribution is 2.15. The molecule has 0 radical (unpaired) electrons. The van der Waals surface area contributed by atoms with Gasteiger partial charge in [0.1, 0.15) is 11.6 Å². The highest BCUT2D eigenvalue weighted by Gasteiger charge is 2.16. The molecule has 6 heteroatoms. The molecule has 1 atom stereocenters. The van der Waals surface area contributed by atoms with Crippen molar-refractivity contribution in [2.75, 3.05) is 5.75 Å². The van der Waals surface area contributed by atoms with Gasteiger partial charge in [0, 0.05) is 11.6 Å². The summed E-state index contributed by atoms with van der Waals surface area (Å²) < 4.78 is 38.2. The molecule has 3 nitrogen and oxygen atoms in total. The second kappa shape index (κ2) is 6.37. The standard InChI is InChI=1S/C15H9F2NO2S/c16-12-5-6-15(13(17)7-12)21(20)9-14(19)11-3-1-10(8-18)2-4-11/h1-7H,9H2. The van der Waals surface area contributed by atoms with Crippen LogP contribution >= 0.6 is 0 Å². The summed E-state index contributed by atoms with van der Waals surface area (Å²) in [6.45, 7) is 0. The van der Waals surface area contributed by atoms with Crippen LogP contribution < -0.4 is 0 Å². The van der Waals surface area contributed by atoms with Gasteiger partial charge in [-0.05, 0) is 24.3 Å². The molecule has 0 saturated heterocycles. The number of carbonyl (C=O) groups excluding carboxylic acids is 1. The van der Waals surface area contributed by atoms with Gasteiger partial charge in [0.25, 0.3) is 0 Å². The summed E-state index contributed by atoms with van der Waals surface area (Å²) in [5, 5.41) is 8.66. The van der Waals surface area contributed by atoms with Crippen molar-refractivity contribution in [3.63, 3.8) is 0 Å². The van der Waals surface area contributed by atoms with Crippen LogP contribution in [0.4, 0.5) is 8.78 Å². The quantitative estimate of drug-likeness (QED) is 0.816. The lowest BCUT2D eigenvalue weighted by atomic mass is 10.1. The van der Waals surface area contributed by atoms with Crippen LogP contribution in [0.5, 0.6) is 0 Å². The van der Waals surface area contributed by atoms with Crippen LogP contribution in [-0.4, -0.2) is 15.7 Å². The normalized spacial score (nSPS) is 11.7. The molecule has 21 heavy (non-hydrogen) atoms. The van der Waals surface area contributed by atoms with E-state index in [1.165, 1.54) is 24.3 Å². The first kappa shape index (κ1) is 15.0. The Balaban J connectivity index is 2.15. The minimum Gasteiger partial charge on any atom is -0.293 e. The predicted molar refractivity (Wildman–Crippen MR) is 73.1 cm³/mol. The molecule has 0 fully saturated rings. The second-order valence-electron chi connectivity index (χ2n) is 4.18. The molecule has 0 heterocycles. The lowest BCUT2D eigenvalue weighted by Gasteiger charge is -2.04. The molecule has 0 aliphatic carbocycles. The van der Waals surface area contributed by atoms with Crippen molar-refractivity contribution < 1.29 is 17.8 Å². The zero-order valence-electron chi connectivity index (χ0n) is 10.7. The fourth-order valence-electron chi connectivity index (χ4n) is 1.67. The van der Waals surface area contributed by atoms with Gasteiger partial charge in [-0.1, -0.05) is 12.1 Å². The van der Waals surface area contributed by atoms with Crippen molar-refractivity contribution >= 4 is 16.6 Å². The van der Waals surface area contributed by atoms with Crippen molar-refractivity contribution in [3.8, 4) is 6.07 Å². The third-order valence-corrected chi connectivity index (χ3v) is 4.08. The Morgan fingerprint density at radius 2 is 1.81 bits per heavy atom. The topological polar surface area (TPSA) is 57.9 Å². The Kier molecular flexibility index (Phi) is 4.55. The van der Waals surface area contributed by atoms with Crippen molar-refractivity contribution in [1.29, 1.82) is 5.26 Å². The number of hydrogen-bond acceptors (Lipinski definition) is 3. The molecule has 0 N–H and O–H groups in total. The van der Waals surface area contributed by atoms with Gasteiger partial charge in [-0.25, -0.2) is 8.78 Å². The molecule has 0 amide bonds. The lowest BCUT2D eigenvalue weighted by Crippen LogP contribution is -2.12. The summed E-state index contributed by atoms with van der Waals surface area (Å²) in [6, 6.07) is 10.4. The SMILES string of the molecule is N#Cc1ccc(C(=O)CS(=O)c2ccc(F)cc2F)cc1. The summed E-state index contributed by atoms with van der Waals surface area (Å²) in [5.74, 6) is -2.57. The molecule has 0 bridgehead atoms. The number of Topliss-reactive ketones (excluding diaryl/α,β-unsaturated/α-hetero) is 1. The molecular weight excluding hydrogens is 296 g/mol. The number of rotatable bonds is 4. The number of benzene rings is 2. The number of nitrogens with zero attached hydrogens (tertiary/aromatic N) is 1. The van der Waals surface area contributed by atoms with E-state index in [9.17, 15) is 17.8 Å². The Morgan fingerprint density at radius 3 is 2.38 bits per heavy atom. The van der Waals surface area contributed by atoms with Crippen LogP contribution in [0.25, 0.3) is 0 Å². The molecule has 1 unspecified atom stereocenters. The Hall–Kier alpha value is -2.39. The first-order chi connectivity index (χ1) is 10.0. The van der Waals surface area contributed by atoms with E-state index in [0.717, 1.165) is 12.1 Å². The van der Waals surface area contributed by atoms with Crippen molar-refractivity contribution in [1.82, 2.24) is 0 Å². The largest absolute Gasteiger partial charge is 0.293 e. The molecule has 0 aliphatic heterocycles. The van der Waals surface area contributed by atoms with Gasteiger partial charge in [0.15, 0.2) is 5.78 Å². The van der Waals surface area contributed by atoms with Crippen molar-refractivity contribution in [2.45, 2.75) is 4.90 Å². The molecule has 0 saturated carbocycles. The molecule has 0 spiro atoms. The average molecular weight is 305 g/mol. The molecule has 2 rings (SSSR count). The number of halogens is 2. The summed E-state index contributed by atoms with van der Waals surface area (Å²) in [7, 11) is -1.90. The van der Waals surface area contributed by atoms with Gasteiger partial charge in [0.05, 0.1) is 33.1 Å². The van der Waals surface area contributed by atoms with Crippen molar-refractivity contribution in [3.05, 3.63) is 65.2 Å². The first-order valence-electron chi connectivity index (χ1n) is 5.88. The fourth-order valence-corrected chi connectivity index (χ4v) is 2.73. The van der Waals surface area contributed by atoms with Gasteiger partial charge in [-0.3, -0.25) is 9.00 Å². The Labute approximate surface area is 122 Å². The van der Waals surface area contributed by atoms with Crippen LogP contribution in [0.1, 0.15) is 15.9 Å². The first-order valence-corrected chi connectivity index (χ1v) is 7.20. The van der Waals surface area contributed by atoms with Crippen LogP contribution in [-0.2, 0) is 10.8 Å². The van der Waals surface area contributed by atoms with E-state index in [1.807, 2.05) is 6.07 Å². The van der Waals surface area contributed by atoms with E-state index in [1.54, 1.807) is 0 Å². The van der Waals surface area contributed by atoms with Crippen molar-refractivity contribution in [2.24, 2.45) is 0 Å². The third kappa shape index (κ3) is 3.58. The van der Waals surface area contributed by atoms with E-state index < -0.39 is 34.0 Å². The van der Waals surface area contributed by atoms with Crippen LogP contribution in [0.3, 0.4) is 0 Å². The number of ketones is 1. The minimum atomic E-state index is -1.90. The fraction of sp³-hybridized carbons (Fsp3) is 0.0667. The van der Waals surface area contributed by atoms with Crippen LogP contribution in [0, 0.1) is 23.0 Å². The summed E-state index contributed by atoms with van der Waals surface area (Å²) in [4.78, 5) is 11.7. The smallest absolute Gasteiger partial charge is 0.175 e. The van der Waals surface area contributed by atoms with Gasteiger partial charge in [-0.15, -0.1) is 0 Å². The zero-order valence-corrected chi connectivity index (χ0v) is 11.5. The maximum Gasteiger partial charge on any atom is 0.175 e. The molecule has 106 valence electrons. The summed E-state index contributed by atoms with van der Waals surface area (Å²) in [5.41, 5.74) is 0.683. The Bertz CT molecular complexity index is 751. The zero-order chi connectivity index (χ0) is 15.4. The number of nitriles is 1. The van der Waals surface area contributed by atoms with Gasteiger partial charge in [-0.2, -0.15) is 5.26 Å². The van der Waals surface area contributed by atoms with E-state index in [0.29, 0.717) is 11.6 Å². The predicted octanol–water partition coefficient (Wildman–Crippen LogP) is 2.83. The van der Waals surface area contributed by atoms with Gasteiger partial charge < -0.3 is 0 Å². The molecule has 2 aromatic rings. The Morgan fingerprint density at radius 1 is 1.14 bits per heavy atom. The molecule has 0 aromatic heterocycles. The van der Waals surface area contributed by atoms with Gasteiger partial charge >= 0.3 is 0 Å². The molecule has 0 aliphatic rings. The van der Waals surface area contributed by atoms with Crippen LogP contribution in [0.15, 0.2) is 47.4 Å². The molecular formula is C15H9F2NO2S. The van der Waals surface area contributed by atoms with Gasteiger partial charge in [0.2, 0.25) is 0 Å². The summed E-state index contributed by atoms with van der Waals surface area (Å²) >= 11 is 0. The highest BCUT2D eigenvalue weighted by atomic mass is 32.2. The van der Waals surface area contributed by atoms with E-state index in [-0.39, 0.29) is 10.5 Å². The minimum absolute atomic E-state index is 0.210. The highest BCUT2D eigenvalue weighted by molar-refractivity contribution is 7.85. The van der Waals surface area contributed by atoms with E-state index in [2.05, 4.69) is 0 Å². The van der Waals surface area contributed by atoms with E-state index >= 15 is 0 Å². The maximum absolute atomic E-state index is 13.5. The maximum atomic E-state index is 13.5. The van der Waals surface area contributed by atoms with Crippen LogP contribution in [0.2, 0.25) is 0 Å². The van der Waals surface area contributed by atoms with E-state index in [4.69, 9.17) is 5.26 Å².